The molecule has 0 spiro atoms. The Balaban J connectivity index is 1.88. The zero-order valence-electron chi connectivity index (χ0n) is 9.83. The van der Waals surface area contributed by atoms with Crippen LogP contribution in [0, 0.1) is 10.1 Å². The minimum absolute atomic E-state index is 0.0929. The van der Waals surface area contributed by atoms with Crippen LogP contribution in [0.2, 0.25) is 0 Å². The zero-order chi connectivity index (χ0) is 12.3. The van der Waals surface area contributed by atoms with Gasteiger partial charge in [-0.05, 0) is 38.6 Å². The smallest absolute Gasteiger partial charge is 0.269 e. The van der Waals surface area contributed by atoms with E-state index in [9.17, 15) is 10.1 Å². The van der Waals surface area contributed by atoms with Gasteiger partial charge in [0.25, 0.3) is 5.69 Å². The number of nitro groups is 1. The molecule has 0 bridgehead atoms. The highest BCUT2D eigenvalue weighted by Gasteiger charge is 2.21. The van der Waals surface area contributed by atoms with Crippen molar-refractivity contribution in [2.24, 2.45) is 0 Å². The highest BCUT2D eigenvalue weighted by molar-refractivity contribution is 5.35. The van der Waals surface area contributed by atoms with Crippen molar-refractivity contribution < 1.29 is 9.66 Å². The summed E-state index contributed by atoms with van der Waals surface area (Å²) in [7, 11) is 2.09. The van der Waals surface area contributed by atoms with E-state index in [-0.39, 0.29) is 5.69 Å². The van der Waals surface area contributed by atoms with Crippen LogP contribution in [0.15, 0.2) is 24.3 Å². The van der Waals surface area contributed by atoms with Gasteiger partial charge < -0.3 is 9.64 Å². The van der Waals surface area contributed by atoms with Crippen molar-refractivity contribution in [3.8, 4) is 5.75 Å². The lowest BCUT2D eigenvalue weighted by molar-refractivity contribution is -0.384. The Bertz CT molecular complexity index is 391. The SMILES string of the molecule is CN1CCC[C@H]1COc1ccc([N+](=O)[O-])cc1. The molecule has 0 saturated carbocycles. The second kappa shape index (κ2) is 5.14. The number of hydrogen-bond acceptors (Lipinski definition) is 4. The Labute approximate surface area is 100 Å². The predicted octanol–water partition coefficient (Wildman–Crippen LogP) is 2.07. The minimum Gasteiger partial charge on any atom is -0.492 e. The summed E-state index contributed by atoms with van der Waals surface area (Å²) < 4.78 is 5.63. The molecule has 1 fully saturated rings. The normalized spacial score (nSPS) is 20.4. The molecule has 0 unspecified atom stereocenters. The summed E-state index contributed by atoms with van der Waals surface area (Å²) in [6.45, 7) is 1.77. The first-order chi connectivity index (χ1) is 8.16. The molecular formula is C12H16N2O3. The van der Waals surface area contributed by atoms with Gasteiger partial charge in [-0.2, -0.15) is 0 Å². The van der Waals surface area contributed by atoms with Crippen molar-refractivity contribution in [1.82, 2.24) is 4.90 Å². The number of non-ortho nitro benzene ring substituents is 1. The number of likely N-dealkylation sites (tertiary alicyclic amines) is 1. The number of benzene rings is 1. The fraction of sp³-hybridized carbons (Fsp3) is 0.500. The second-order valence-electron chi connectivity index (χ2n) is 4.34. The van der Waals surface area contributed by atoms with Crippen molar-refractivity contribution in [2.75, 3.05) is 20.2 Å². The highest BCUT2D eigenvalue weighted by Crippen LogP contribution is 2.20. The third-order valence-electron chi connectivity index (χ3n) is 3.16. The first-order valence-electron chi connectivity index (χ1n) is 5.74. The maximum atomic E-state index is 10.5. The van der Waals surface area contributed by atoms with Gasteiger partial charge in [0, 0.05) is 18.2 Å². The van der Waals surface area contributed by atoms with Crippen LogP contribution in [-0.4, -0.2) is 36.1 Å². The molecule has 1 aliphatic rings. The van der Waals surface area contributed by atoms with E-state index >= 15 is 0 Å². The molecule has 0 amide bonds. The number of rotatable bonds is 4. The third-order valence-corrected chi connectivity index (χ3v) is 3.16. The highest BCUT2D eigenvalue weighted by atomic mass is 16.6. The number of ether oxygens (including phenoxy) is 1. The lowest BCUT2D eigenvalue weighted by atomic mass is 10.2. The first kappa shape index (κ1) is 11.9. The Morgan fingerprint density at radius 2 is 2.18 bits per heavy atom. The molecule has 0 radical (unpaired) electrons. The van der Waals surface area contributed by atoms with Crippen molar-refractivity contribution in [2.45, 2.75) is 18.9 Å². The van der Waals surface area contributed by atoms with E-state index in [1.54, 1.807) is 12.1 Å². The maximum Gasteiger partial charge on any atom is 0.269 e. The van der Waals surface area contributed by atoms with Crippen molar-refractivity contribution in [3.63, 3.8) is 0 Å². The topological polar surface area (TPSA) is 55.6 Å². The summed E-state index contributed by atoms with van der Waals surface area (Å²) in [6.07, 6.45) is 2.37. The Morgan fingerprint density at radius 1 is 1.47 bits per heavy atom. The molecule has 0 aliphatic carbocycles. The van der Waals surface area contributed by atoms with Crippen LogP contribution in [0.3, 0.4) is 0 Å². The largest absolute Gasteiger partial charge is 0.492 e. The van der Waals surface area contributed by atoms with Crippen molar-refractivity contribution in [3.05, 3.63) is 34.4 Å². The summed E-state index contributed by atoms with van der Waals surface area (Å²) in [5, 5.41) is 10.5. The quantitative estimate of drug-likeness (QED) is 0.593. The molecule has 1 aromatic rings. The van der Waals surface area contributed by atoms with Gasteiger partial charge in [0.05, 0.1) is 4.92 Å². The fourth-order valence-electron chi connectivity index (χ4n) is 2.05. The van der Waals surface area contributed by atoms with Crippen LogP contribution >= 0.6 is 0 Å². The Hall–Kier alpha value is -1.62. The van der Waals surface area contributed by atoms with Crippen LogP contribution in [-0.2, 0) is 0 Å². The maximum absolute atomic E-state index is 10.5. The third kappa shape index (κ3) is 2.94. The van der Waals surface area contributed by atoms with Gasteiger partial charge in [0.1, 0.15) is 12.4 Å². The van der Waals surface area contributed by atoms with Crippen LogP contribution in [0.4, 0.5) is 5.69 Å². The van der Waals surface area contributed by atoms with Crippen molar-refractivity contribution >= 4 is 5.69 Å². The number of nitrogens with zero attached hydrogens (tertiary/aromatic N) is 2. The van der Waals surface area contributed by atoms with Gasteiger partial charge in [0.2, 0.25) is 0 Å². The van der Waals surface area contributed by atoms with E-state index in [0.29, 0.717) is 18.4 Å². The first-order valence-corrected chi connectivity index (χ1v) is 5.74. The van der Waals surface area contributed by atoms with Gasteiger partial charge in [-0.3, -0.25) is 10.1 Å². The molecule has 5 nitrogen and oxygen atoms in total. The van der Waals surface area contributed by atoms with Gasteiger partial charge in [-0.15, -0.1) is 0 Å². The lowest BCUT2D eigenvalue weighted by Gasteiger charge is -2.19. The van der Waals surface area contributed by atoms with E-state index in [1.807, 2.05) is 0 Å². The van der Waals surface area contributed by atoms with E-state index in [4.69, 9.17) is 4.74 Å². The van der Waals surface area contributed by atoms with Gasteiger partial charge in [-0.25, -0.2) is 0 Å². The van der Waals surface area contributed by atoms with E-state index in [1.165, 1.54) is 18.6 Å². The molecule has 1 aliphatic heterocycles. The fourth-order valence-corrected chi connectivity index (χ4v) is 2.05. The molecule has 1 saturated heterocycles. The average Bonchev–Trinajstić information content (AvgIpc) is 2.73. The Morgan fingerprint density at radius 3 is 2.71 bits per heavy atom. The van der Waals surface area contributed by atoms with Gasteiger partial charge >= 0.3 is 0 Å². The number of nitro benzene ring substituents is 1. The lowest BCUT2D eigenvalue weighted by Crippen LogP contribution is -2.30. The molecule has 0 N–H and O–H groups in total. The van der Waals surface area contributed by atoms with E-state index in [0.717, 1.165) is 13.0 Å². The predicted molar refractivity (Wildman–Crippen MR) is 64.2 cm³/mol. The summed E-state index contributed by atoms with van der Waals surface area (Å²) in [6, 6.07) is 6.69. The molecule has 5 heteroatoms. The number of hydrogen-bond donors (Lipinski definition) is 0. The van der Waals surface area contributed by atoms with Crippen LogP contribution < -0.4 is 4.74 Å². The molecule has 1 heterocycles. The summed E-state index contributed by atoms with van der Waals surface area (Å²) in [4.78, 5) is 12.4. The molecular weight excluding hydrogens is 220 g/mol. The summed E-state index contributed by atoms with van der Waals surface area (Å²) >= 11 is 0. The minimum atomic E-state index is -0.408. The van der Waals surface area contributed by atoms with Gasteiger partial charge in [0.15, 0.2) is 0 Å². The number of likely N-dealkylation sites (N-methyl/N-ethyl adjacent to an activating group) is 1. The molecule has 2 rings (SSSR count). The molecule has 0 aromatic heterocycles. The van der Waals surface area contributed by atoms with Crippen LogP contribution in [0.1, 0.15) is 12.8 Å². The standard InChI is InChI=1S/C12H16N2O3/c1-13-8-2-3-11(13)9-17-12-6-4-10(5-7-12)14(15)16/h4-7,11H,2-3,8-9H2,1H3/t11-/m0/s1. The summed E-state index contributed by atoms with van der Waals surface area (Å²) in [5.41, 5.74) is 0.0929. The summed E-state index contributed by atoms with van der Waals surface area (Å²) in [5.74, 6) is 0.691. The molecule has 17 heavy (non-hydrogen) atoms. The zero-order valence-corrected chi connectivity index (χ0v) is 9.83. The molecule has 92 valence electrons. The van der Waals surface area contributed by atoms with E-state index in [2.05, 4.69) is 11.9 Å². The van der Waals surface area contributed by atoms with Gasteiger partial charge in [-0.1, -0.05) is 0 Å². The molecule has 1 atom stereocenters. The van der Waals surface area contributed by atoms with Crippen molar-refractivity contribution in [1.29, 1.82) is 0 Å². The average molecular weight is 236 g/mol. The molecule has 1 aromatic carbocycles. The van der Waals surface area contributed by atoms with E-state index < -0.39 is 4.92 Å². The van der Waals surface area contributed by atoms with Crippen LogP contribution in [0.25, 0.3) is 0 Å². The second-order valence-corrected chi connectivity index (χ2v) is 4.34. The van der Waals surface area contributed by atoms with Crippen LogP contribution in [0.5, 0.6) is 5.75 Å². The Kier molecular flexibility index (Phi) is 3.58. The monoisotopic (exact) mass is 236 g/mol.